The summed E-state index contributed by atoms with van der Waals surface area (Å²) in [5, 5.41) is 3.44. The Kier molecular flexibility index (Phi) is 6.00. The molecule has 1 N–H and O–H groups in total. The van der Waals surface area contributed by atoms with Crippen molar-refractivity contribution in [3.8, 4) is 0 Å². The maximum Gasteiger partial charge on any atom is 0.227 e. The maximum atomic E-state index is 12.9. The predicted molar refractivity (Wildman–Crippen MR) is 102 cm³/mol. The van der Waals surface area contributed by atoms with Crippen molar-refractivity contribution in [3.63, 3.8) is 0 Å². The quantitative estimate of drug-likeness (QED) is 0.842. The molecule has 2 atom stereocenters. The molecule has 1 amide bonds. The van der Waals surface area contributed by atoms with E-state index in [9.17, 15) is 4.79 Å². The van der Waals surface area contributed by atoms with Crippen LogP contribution in [0.3, 0.4) is 0 Å². The van der Waals surface area contributed by atoms with Gasteiger partial charge in [0.25, 0.3) is 0 Å². The van der Waals surface area contributed by atoms with E-state index in [-0.39, 0.29) is 11.8 Å². The Balaban J connectivity index is 1.36. The first-order chi connectivity index (χ1) is 13.2. The van der Waals surface area contributed by atoms with Crippen molar-refractivity contribution in [2.24, 2.45) is 5.92 Å². The topological polar surface area (TPSA) is 70.6 Å². The van der Waals surface area contributed by atoms with Crippen LogP contribution in [0.25, 0.3) is 0 Å². The van der Waals surface area contributed by atoms with Gasteiger partial charge >= 0.3 is 0 Å². The minimum Gasteiger partial charge on any atom is -0.379 e. The lowest BCUT2D eigenvalue weighted by Gasteiger charge is -2.33. The number of hydrogen-bond acceptors (Lipinski definition) is 6. The average Bonchev–Trinajstić information content (AvgIpc) is 2.74. The Morgan fingerprint density at radius 1 is 1.37 bits per heavy atom. The van der Waals surface area contributed by atoms with Crippen LogP contribution in [-0.2, 0) is 22.5 Å². The number of nitrogens with one attached hydrogen (secondary N) is 1. The summed E-state index contributed by atoms with van der Waals surface area (Å²) in [6, 6.07) is 0. The number of aromatic nitrogens is 2. The van der Waals surface area contributed by atoms with Gasteiger partial charge in [0.05, 0.1) is 18.9 Å². The molecule has 0 saturated carbocycles. The third kappa shape index (κ3) is 4.47. The lowest BCUT2D eigenvalue weighted by Crippen LogP contribution is -2.45. The van der Waals surface area contributed by atoms with Crippen molar-refractivity contribution in [2.75, 3.05) is 52.5 Å². The summed E-state index contributed by atoms with van der Waals surface area (Å²) in [5.41, 5.74) is 2.25. The molecule has 0 radical (unpaired) electrons. The Morgan fingerprint density at radius 3 is 3.00 bits per heavy atom. The lowest BCUT2D eigenvalue weighted by molar-refractivity contribution is -0.137. The molecule has 2 saturated heterocycles. The van der Waals surface area contributed by atoms with Gasteiger partial charge in [-0.05, 0) is 19.4 Å². The molecule has 3 aliphatic rings. The highest BCUT2D eigenvalue weighted by Crippen LogP contribution is 2.24. The van der Waals surface area contributed by atoms with Gasteiger partial charge < -0.3 is 15.0 Å². The van der Waals surface area contributed by atoms with E-state index in [4.69, 9.17) is 9.72 Å². The molecule has 0 unspecified atom stereocenters. The number of morpholine rings is 1. The molecule has 0 aromatic carbocycles. The zero-order chi connectivity index (χ0) is 18.6. The zero-order valence-electron chi connectivity index (χ0n) is 16.3. The summed E-state index contributed by atoms with van der Waals surface area (Å²) >= 11 is 0. The Bertz CT molecular complexity index is 656. The van der Waals surface area contributed by atoms with E-state index < -0.39 is 0 Å². The molecule has 148 valence electrons. The second-order valence-corrected chi connectivity index (χ2v) is 8.07. The van der Waals surface area contributed by atoms with Crippen LogP contribution in [0.15, 0.2) is 6.20 Å². The van der Waals surface area contributed by atoms with Gasteiger partial charge in [-0.15, -0.1) is 0 Å². The van der Waals surface area contributed by atoms with Crippen molar-refractivity contribution in [3.05, 3.63) is 23.3 Å². The van der Waals surface area contributed by atoms with Crippen LogP contribution in [-0.4, -0.2) is 78.2 Å². The molecule has 27 heavy (non-hydrogen) atoms. The van der Waals surface area contributed by atoms with E-state index in [0.29, 0.717) is 12.5 Å². The fourth-order valence-corrected chi connectivity index (χ4v) is 4.35. The van der Waals surface area contributed by atoms with E-state index in [1.165, 1.54) is 6.42 Å². The summed E-state index contributed by atoms with van der Waals surface area (Å²) in [6.45, 7) is 9.73. The van der Waals surface area contributed by atoms with Gasteiger partial charge in [0, 0.05) is 69.3 Å². The molecule has 4 heterocycles. The first-order valence-electron chi connectivity index (χ1n) is 10.3. The fraction of sp³-hybridized carbons (Fsp3) is 0.750. The summed E-state index contributed by atoms with van der Waals surface area (Å²) in [5.74, 6) is 1.66. The minimum atomic E-state index is 0.0122. The molecule has 7 heteroatoms. The summed E-state index contributed by atoms with van der Waals surface area (Å²) in [6.07, 6.45) is 5.14. The van der Waals surface area contributed by atoms with Crippen molar-refractivity contribution in [1.29, 1.82) is 0 Å². The standard InChI is InChI=1S/C20H31N5O2/c1-15(13-24-7-9-27-10-8-24)20(26)25-6-4-18-17(14-25)12-22-19(23-18)16-3-2-5-21-11-16/h12,15-16,21H,2-11,13-14H2,1H3/t15-,16-/m1/s1. The average molecular weight is 374 g/mol. The van der Waals surface area contributed by atoms with Gasteiger partial charge in [0.2, 0.25) is 5.91 Å². The normalized spacial score (nSPS) is 25.1. The van der Waals surface area contributed by atoms with Gasteiger partial charge in [0.1, 0.15) is 5.82 Å². The first-order valence-corrected chi connectivity index (χ1v) is 10.3. The van der Waals surface area contributed by atoms with Gasteiger partial charge in [-0.1, -0.05) is 6.92 Å². The van der Waals surface area contributed by atoms with Crippen LogP contribution >= 0.6 is 0 Å². The van der Waals surface area contributed by atoms with Gasteiger partial charge in [-0.2, -0.15) is 0 Å². The summed E-state index contributed by atoms with van der Waals surface area (Å²) in [7, 11) is 0. The molecular formula is C20H31N5O2. The van der Waals surface area contributed by atoms with E-state index in [1.54, 1.807) is 0 Å². The molecule has 0 aliphatic carbocycles. The number of carbonyl (C=O) groups excluding carboxylic acids is 1. The number of piperidine rings is 1. The van der Waals surface area contributed by atoms with E-state index in [0.717, 1.165) is 82.4 Å². The molecule has 7 nitrogen and oxygen atoms in total. The largest absolute Gasteiger partial charge is 0.379 e. The molecule has 0 spiro atoms. The molecule has 1 aromatic heterocycles. The van der Waals surface area contributed by atoms with Crippen LogP contribution < -0.4 is 5.32 Å². The number of carbonyl (C=O) groups is 1. The molecule has 0 bridgehead atoms. The second-order valence-electron chi connectivity index (χ2n) is 8.07. The molecule has 2 fully saturated rings. The number of amides is 1. The monoisotopic (exact) mass is 373 g/mol. The van der Waals surface area contributed by atoms with Crippen LogP contribution in [0.4, 0.5) is 0 Å². The number of fused-ring (bicyclic) bond motifs is 1. The molecule has 3 aliphatic heterocycles. The van der Waals surface area contributed by atoms with E-state index in [2.05, 4.69) is 15.2 Å². The third-order valence-electron chi connectivity index (χ3n) is 5.98. The van der Waals surface area contributed by atoms with Crippen LogP contribution in [0, 0.1) is 5.92 Å². The maximum absolute atomic E-state index is 12.9. The fourth-order valence-electron chi connectivity index (χ4n) is 4.35. The predicted octanol–water partition coefficient (Wildman–Crippen LogP) is 0.797. The van der Waals surface area contributed by atoms with Crippen LogP contribution in [0.1, 0.15) is 42.8 Å². The third-order valence-corrected chi connectivity index (χ3v) is 5.98. The zero-order valence-corrected chi connectivity index (χ0v) is 16.3. The number of ether oxygens (including phenoxy) is 1. The van der Waals surface area contributed by atoms with Crippen molar-refractivity contribution in [2.45, 2.75) is 38.6 Å². The van der Waals surface area contributed by atoms with Crippen LogP contribution in [0.2, 0.25) is 0 Å². The van der Waals surface area contributed by atoms with Gasteiger partial charge in [-0.3, -0.25) is 9.69 Å². The van der Waals surface area contributed by atoms with Crippen LogP contribution in [0.5, 0.6) is 0 Å². The lowest BCUT2D eigenvalue weighted by atomic mass is 9.98. The highest BCUT2D eigenvalue weighted by atomic mass is 16.5. The number of nitrogens with zero attached hydrogens (tertiary/aromatic N) is 4. The Morgan fingerprint density at radius 2 is 2.22 bits per heavy atom. The first kappa shape index (κ1) is 18.8. The van der Waals surface area contributed by atoms with E-state index in [1.807, 2.05) is 18.0 Å². The van der Waals surface area contributed by atoms with Crippen molar-refractivity contribution in [1.82, 2.24) is 25.1 Å². The summed E-state index contributed by atoms with van der Waals surface area (Å²) in [4.78, 5) is 26.7. The highest BCUT2D eigenvalue weighted by Gasteiger charge is 2.28. The van der Waals surface area contributed by atoms with E-state index >= 15 is 0 Å². The Labute approximate surface area is 161 Å². The van der Waals surface area contributed by atoms with Gasteiger partial charge in [0.15, 0.2) is 0 Å². The smallest absolute Gasteiger partial charge is 0.227 e. The van der Waals surface area contributed by atoms with Gasteiger partial charge in [-0.25, -0.2) is 9.97 Å². The van der Waals surface area contributed by atoms with Crippen molar-refractivity contribution < 1.29 is 9.53 Å². The molecule has 1 aromatic rings. The molecular weight excluding hydrogens is 342 g/mol. The van der Waals surface area contributed by atoms with Crippen molar-refractivity contribution >= 4 is 5.91 Å². The number of rotatable bonds is 4. The molecule has 4 rings (SSSR count). The Hall–Kier alpha value is -1.57. The SMILES string of the molecule is C[C@H](CN1CCOCC1)C(=O)N1CCc2nc([C@@H]3CCCNC3)ncc2C1. The minimum absolute atomic E-state index is 0.0122. The summed E-state index contributed by atoms with van der Waals surface area (Å²) < 4.78 is 5.40. The second kappa shape index (κ2) is 8.63. The highest BCUT2D eigenvalue weighted by molar-refractivity contribution is 5.79. The number of hydrogen-bond donors (Lipinski definition) is 1.